The Balaban J connectivity index is 1.62. The van der Waals surface area contributed by atoms with E-state index in [9.17, 15) is 9.18 Å². The number of benzene rings is 1. The Morgan fingerprint density at radius 1 is 1.32 bits per heavy atom. The van der Waals surface area contributed by atoms with Crippen LogP contribution in [0.4, 0.5) is 4.39 Å². The molecule has 0 spiro atoms. The van der Waals surface area contributed by atoms with Crippen LogP contribution in [0.3, 0.4) is 0 Å². The first-order chi connectivity index (χ1) is 9.16. The van der Waals surface area contributed by atoms with E-state index in [4.69, 9.17) is 5.73 Å². The molecule has 0 aromatic heterocycles. The van der Waals surface area contributed by atoms with E-state index < -0.39 is 0 Å². The van der Waals surface area contributed by atoms with E-state index in [0.29, 0.717) is 18.4 Å². The molecule has 1 fully saturated rings. The molecule has 1 amide bonds. The van der Waals surface area contributed by atoms with Crippen molar-refractivity contribution >= 4 is 5.91 Å². The summed E-state index contributed by atoms with van der Waals surface area (Å²) in [4.78, 5) is 10.6. The van der Waals surface area contributed by atoms with Gasteiger partial charge in [0, 0.05) is 12.5 Å². The quantitative estimate of drug-likeness (QED) is 0.743. The molecule has 3 nitrogen and oxygen atoms in total. The maximum absolute atomic E-state index is 13.6. The highest BCUT2D eigenvalue weighted by Gasteiger charge is 2.31. The number of hydrogen-bond acceptors (Lipinski definition) is 2. The lowest BCUT2D eigenvalue weighted by molar-refractivity contribution is -0.118. The van der Waals surface area contributed by atoms with Gasteiger partial charge in [0.2, 0.25) is 5.91 Å². The molecule has 1 aromatic carbocycles. The zero-order chi connectivity index (χ0) is 13.7. The Hall–Kier alpha value is -1.42. The van der Waals surface area contributed by atoms with E-state index >= 15 is 0 Å². The van der Waals surface area contributed by atoms with Gasteiger partial charge in [-0.3, -0.25) is 4.79 Å². The van der Waals surface area contributed by atoms with Crippen LogP contribution in [0.5, 0.6) is 0 Å². The van der Waals surface area contributed by atoms with Crippen molar-refractivity contribution in [3.63, 3.8) is 0 Å². The van der Waals surface area contributed by atoms with Gasteiger partial charge in [0.15, 0.2) is 0 Å². The van der Waals surface area contributed by atoms with Crippen LogP contribution >= 0.6 is 0 Å². The number of nitrogens with one attached hydrogen (secondary N) is 1. The minimum atomic E-state index is -0.233. The molecule has 4 heteroatoms. The second-order valence-corrected chi connectivity index (χ2v) is 5.26. The van der Waals surface area contributed by atoms with E-state index in [1.54, 1.807) is 6.07 Å². The number of nitrogens with two attached hydrogens (primary N) is 1. The van der Waals surface area contributed by atoms with Crippen LogP contribution in [0.15, 0.2) is 24.3 Å². The number of primary amides is 1. The highest BCUT2D eigenvalue weighted by molar-refractivity contribution is 5.73. The van der Waals surface area contributed by atoms with Crippen molar-refractivity contribution in [2.45, 2.75) is 44.1 Å². The third-order valence-electron chi connectivity index (χ3n) is 3.77. The molecule has 0 radical (unpaired) electrons. The Morgan fingerprint density at radius 3 is 2.74 bits per heavy atom. The average molecular weight is 264 g/mol. The van der Waals surface area contributed by atoms with E-state index in [0.717, 1.165) is 37.8 Å². The highest BCUT2D eigenvalue weighted by atomic mass is 19.1. The van der Waals surface area contributed by atoms with Crippen molar-refractivity contribution in [3.8, 4) is 0 Å². The molecule has 2 rings (SSSR count). The summed E-state index contributed by atoms with van der Waals surface area (Å²) in [5, 5.41) is 3.44. The normalized spacial score (nSPS) is 21.9. The van der Waals surface area contributed by atoms with E-state index in [1.165, 1.54) is 6.07 Å². The largest absolute Gasteiger partial charge is 0.370 e. The fourth-order valence-electron chi connectivity index (χ4n) is 2.58. The molecule has 0 atom stereocenters. The lowest BCUT2D eigenvalue weighted by atomic mass is 9.75. The van der Waals surface area contributed by atoms with Crippen molar-refractivity contribution in [2.24, 2.45) is 5.73 Å². The third-order valence-corrected chi connectivity index (χ3v) is 3.77. The topological polar surface area (TPSA) is 55.1 Å². The second-order valence-electron chi connectivity index (χ2n) is 5.26. The minimum Gasteiger partial charge on any atom is -0.370 e. The van der Waals surface area contributed by atoms with Crippen LogP contribution < -0.4 is 11.1 Å². The Labute approximate surface area is 113 Å². The first-order valence-corrected chi connectivity index (χ1v) is 6.93. The first-order valence-electron chi connectivity index (χ1n) is 6.93. The van der Waals surface area contributed by atoms with Crippen LogP contribution in [0.25, 0.3) is 0 Å². The van der Waals surface area contributed by atoms with Gasteiger partial charge in [0.25, 0.3) is 0 Å². The number of amides is 1. The van der Waals surface area contributed by atoms with Crippen molar-refractivity contribution < 1.29 is 9.18 Å². The lowest BCUT2D eigenvalue weighted by Gasteiger charge is -2.36. The van der Waals surface area contributed by atoms with Gasteiger partial charge in [-0.05, 0) is 49.8 Å². The van der Waals surface area contributed by atoms with Gasteiger partial charge >= 0.3 is 0 Å². The number of halogens is 1. The van der Waals surface area contributed by atoms with Gasteiger partial charge in [0.1, 0.15) is 5.82 Å². The van der Waals surface area contributed by atoms with Gasteiger partial charge in [-0.2, -0.15) is 0 Å². The fraction of sp³-hybridized carbons (Fsp3) is 0.533. The van der Waals surface area contributed by atoms with Gasteiger partial charge in [0.05, 0.1) is 0 Å². The lowest BCUT2D eigenvalue weighted by Crippen LogP contribution is -2.40. The molecule has 0 saturated heterocycles. The molecule has 0 unspecified atom stereocenters. The van der Waals surface area contributed by atoms with Gasteiger partial charge < -0.3 is 11.1 Å². The van der Waals surface area contributed by atoms with Crippen molar-refractivity contribution in [1.82, 2.24) is 5.32 Å². The highest BCUT2D eigenvalue weighted by Crippen LogP contribution is 2.37. The number of carbonyl (C=O) groups is 1. The minimum absolute atomic E-state index is 0.0904. The van der Waals surface area contributed by atoms with Crippen LogP contribution in [-0.2, 0) is 4.79 Å². The SMILES string of the molecule is NC(=O)CCCCNC1CC(c2ccccc2F)C1. The Bertz CT molecular complexity index is 430. The zero-order valence-electron chi connectivity index (χ0n) is 11.1. The summed E-state index contributed by atoms with van der Waals surface area (Å²) in [5.74, 6) is 0.0278. The number of rotatable bonds is 7. The molecule has 0 heterocycles. The third kappa shape index (κ3) is 4.03. The van der Waals surface area contributed by atoms with Gasteiger partial charge in [-0.15, -0.1) is 0 Å². The summed E-state index contributed by atoms with van der Waals surface area (Å²) in [6.45, 7) is 0.905. The molecule has 1 aliphatic carbocycles. The zero-order valence-corrected chi connectivity index (χ0v) is 11.1. The van der Waals surface area contributed by atoms with Crippen molar-refractivity contribution in [3.05, 3.63) is 35.6 Å². The molecule has 0 bridgehead atoms. The van der Waals surface area contributed by atoms with Gasteiger partial charge in [-0.25, -0.2) is 4.39 Å². The summed E-state index contributed by atoms with van der Waals surface area (Å²) in [7, 11) is 0. The summed E-state index contributed by atoms with van der Waals surface area (Å²) in [6.07, 6.45) is 4.26. The molecule has 104 valence electrons. The monoisotopic (exact) mass is 264 g/mol. The summed E-state index contributed by atoms with van der Waals surface area (Å²) in [6, 6.07) is 7.51. The predicted molar refractivity (Wildman–Crippen MR) is 73.2 cm³/mol. The summed E-state index contributed by atoms with van der Waals surface area (Å²) < 4.78 is 13.6. The number of hydrogen-bond donors (Lipinski definition) is 2. The Morgan fingerprint density at radius 2 is 2.05 bits per heavy atom. The molecule has 1 aliphatic rings. The van der Waals surface area contributed by atoms with E-state index in [2.05, 4.69) is 5.32 Å². The molecule has 3 N–H and O–H groups in total. The second kappa shape index (κ2) is 6.66. The maximum atomic E-state index is 13.6. The maximum Gasteiger partial charge on any atom is 0.217 e. The summed E-state index contributed by atoms with van der Waals surface area (Å²) >= 11 is 0. The van der Waals surface area contributed by atoms with Crippen LogP contribution in [-0.4, -0.2) is 18.5 Å². The number of unbranched alkanes of at least 4 members (excludes halogenated alkanes) is 1. The van der Waals surface area contributed by atoms with Crippen LogP contribution in [0.1, 0.15) is 43.6 Å². The van der Waals surface area contributed by atoms with E-state index in [1.807, 2.05) is 12.1 Å². The van der Waals surface area contributed by atoms with E-state index in [-0.39, 0.29) is 11.7 Å². The molecule has 0 aliphatic heterocycles. The molecular weight excluding hydrogens is 243 g/mol. The smallest absolute Gasteiger partial charge is 0.217 e. The molecule has 1 saturated carbocycles. The average Bonchev–Trinajstić information content (AvgIpc) is 2.32. The fourth-order valence-corrected chi connectivity index (χ4v) is 2.58. The molecule has 1 aromatic rings. The Kier molecular flexibility index (Phi) is 4.91. The molecular formula is C15H21FN2O. The standard InChI is InChI=1S/C15H21FN2O/c16-14-6-2-1-5-13(14)11-9-12(10-11)18-8-4-3-7-15(17)19/h1-2,5-6,11-12,18H,3-4,7-10H2,(H2,17,19). The van der Waals surface area contributed by atoms with Gasteiger partial charge in [-0.1, -0.05) is 18.2 Å². The van der Waals surface area contributed by atoms with Crippen molar-refractivity contribution in [2.75, 3.05) is 6.54 Å². The van der Waals surface area contributed by atoms with Crippen LogP contribution in [0.2, 0.25) is 0 Å². The van der Waals surface area contributed by atoms with Crippen molar-refractivity contribution in [1.29, 1.82) is 0 Å². The predicted octanol–water partition coefficient (Wildman–Crippen LogP) is 2.32. The molecule has 19 heavy (non-hydrogen) atoms. The first kappa shape index (κ1) is 14.0. The number of carbonyl (C=O) groups excluding carboxylic acids is 1. The summed E-state index contributed by atoms with van der Waals surface area (Å²) in [5.41, 5.74) is 5.92. The van der Waals surface area contributed by atoms with Crippen LogP contribution in [0, 0.1) is 5.82 Å².